The van der Waals surface area contributed by atoms with Gasteiger partial charge in [-0.3, -0.25) is 4.79 Å². The average molecular weight is 190 g/mol. The van der Waals surface area contributed by atoms with E-state index in [1.165, 1.54) is 0 Å². The van der Waals surface area contributed by atoms with Crippen molar-refractivity contribution in [2.75, 3.05) is 0 Å². The first-order valence-electron chi connectivity index (χ1n) is 4.89. The highest BCUT2D eigenvalue weighted by Gasteiger charge is 2.16. The smallest absolute Gasteiger partial charge is 0.224 e. The molecule has 0 heterocycles. The molecule has 14 heavy (non-hydrogen) atoms. The van der Waals surface area contributed by atoms with Gasteiger partial charge in [0, 0.05) is 0 Å². The molecule has 1 radical (unpaired) electrons. The highest BCUT2D eigenvalue weighted by molar-refractivity contribution is 5.81. The third-order valence-corrected chi connectivity index (χ3v) is 2.29. The molecule has 2 N–H and O–H groups in total. The van der Waals surface area contributed by atoms with E-state index in [2.05, 4.69) is 6.92 Å². The van der Waals surface area contributed by atoms with Crippen molar-refractivity contribution in [2.24, 2.45) is 5.73 Å². The summed E-state index contributed by atoms with van der Waals surface area (Å²) in [5, 5.41) is 0. The zero-order valence-electron chi connectivity index (χ0n) is 8.28. The van der Waals surface area contributed by atoms with Crippen LogP contribution in [0.5, 0.6) is 0 Å². The van der Waals surface area contributed by atoms with E-state index in [4.69, 9.17) is 5.73 Å². The van der Waals surface area contributed by atoms with Crippen LogP contribution in [0.1, 0.15) is 30.7 Å². The quantitative estimate of drug-likeness (QED) is 0.760. The fraction of sp³-hybridized carbons (Fsp3) is 0.333. The average Bonchev–Trinajstić information content (AvgIpc) is 2.19. The second-order valence-corrected chi connectivity index (χ2v) is 3.36. The fourth-order valence-electron chi connectivity index (χ4n) is 1.51. The first-order chi connectivity index (χ1) is 6.75. The number of amides is 1. The fourth-order valence-corrected chi connectivity index (χ4v) is 1.51. The molecular weight excluding hydrogens is 174 g/mol. The number of carbonyl (C=O) groups is 1. The lowest BCUT2D eigenvalue weighted by Gasteiger charge is -2.12. The van der Waals surface area contributed by atoms with Gasteiger partial charge in [0.25, 0.3) is 0 Å². The Balaban J connectivity index is 2.73. The summed E-state index contributed by atoms with van der Waals surface area (Å²) in [6.45, 7) is 3.76. The maximum Gasteiger partial charge on any atom is 0.224 e. The molecule has 0 aromatic heterocycles. The number of hydrogen-bond donors (Lipinski definition) is 1. The minimum Gasteiger partial charge on any atom is -0.369 e. The van der Waals surface area contributed by atoms with Gasteiger partial charge in [-0.05, 0) is 12.0 Å². The first-order valence-corrected chi connectivity index (χ1v) is 4.89. The number of unbranched alkanes of at least 4 members (excludes halogenated alkanes) is 1. The molecule has 0 aliphatic heterocycles. The van der Waals surface area contributed by atoms with E-state index in [9.17, 15) is 4.79 Å². The Labute approximate surface area is 85.1 Å². The van der Waals surface area contributed by atoms with Crippen molar-refractivity contribution in [3.05, 3.63) is 42.8 Å². The lowest BCUT2D eigenvalue weighted by molar-refractivity contribution is -0.119. The molecule has 0 spiro atoms. The number of benzene rings is 1. The van der Waals surface area contributed by atoms with Crippen molar-refractivity contribution < 1.29 is 4.79 Å². The van der Waals surface area contributed by atoms with Gasteiger partial charge in [0.1, 0.15) is 0 Å². The van der Waals surface area contributed by atoms with E-state index in [1.54, 1.807) is 0 Å². The molecule has 0 aliphatic rings. The highest BCUT2D eigenvalue weighted by Crippen LogP contribution is 2.21. The summed E-state index contributed by atoms with van der Waals surface area (Å²) in [5.41, 5.74) is 6.36. The second kappa shape index (κ2) is 5.43. The molecule has 75 valence electrons. The van der Waals surface area contributed by atoms with Crippen molar-refractivity contribution >= 4 is 5.91 Å². The van der Waals surface area contributed by atoms with E-state index in [1.807, 2.05) is 30.3 Å². The first kappa shape index (κ1) is 10.8. The molecular formula is C12H16NO. The predicted molar refractivity (Wildman–Crippen MR) is 57.6 cm³/mol. The molecule has 2 heteroatoms. The van der Waals surface area contributed by atoms with Crippen LogP contribution in [0.3, 0.4) is 0 Å². The summed E-state index contributed by atoms with van der Waals surface area (Å²) < 4.78 is 0. The zero-order chi connectivity index (χ0) is 10.4. The van der Waals surface area contributed by atoms with Gasteiger partial charge < -0.3 is 5.73 Å². The van der Waals surface area contributed by atoms with Crippen LogP contribution in [0.25, 0.3) is 0 Å². The van der Waals surface area contributed by atoms with Gasteiger partial charge >= 0.3 is 0 Å². The van der Waals surface area contributed by atoms with Crippen LogP contribution in [-0.4, -0.2) is 5.91 Å². The monoisotopic (exact) mass is 190 g/mol. The standard InChI is InChI=1S/C12H16NO/c1-2-3-9-11(12(13)14)10-7-5-4-6-8-10/h4-8,11H,1-3,9H2,(H2,13,14). The third-order valence-electron chi connectivity index (χ3n) is 2.29. The molecule has 2 nitrogen and oxygen atoms in total. The zero-order valence-corrected chi connectivity index (χ0v) is 8.28. The number of hydrogen-bond acceptors (Lipinski definition) is 1. The largest absolute Gasteiger partial charge is 0.369 e. The Morgan fingerprint density at radius 1 is 1.36 bits per heavy atom. The minimum atomic E-state index is -0.246. The van der Waals surface area contributed by atoms with E-state index >= 15 is 0 Å². The summed E-state index contributed by atoms with van der Waals surface area (Å²) >= 11 is 0. The van der Waals surface area contributed by atoms with Gasteiger partial charge in [-0.1, -0.05) is 50.1 Å². The lowest BCUT2D eigenvalue weighted by atomic mass is 9.93. The highest BCUT2D eigenvalue weighted by atomic mass is 16.1. The normalized spacial score (nSPS) is 12.4. The number of carbonyl (C=O) groups excluding carboxylic acids is 1. The van der Waals surface area contributed by atoms with Gasteiger partial charge in [0.15, 0.2) is 0 Å². The van der Waals surface area contributed by atoms with Gasteiger partial charge in [0.05, 0.1) is 5.92 Å². The minimum absolute atomic E-state index is 0.155. The van der Waals surface area contributed by atoms with E-state index in [0.29, 0.717) is 0 Å². The molecule has 1 rings (SSSR count). The third kappa shape index (κ3) is 2.87. The Kier molecular flexibility index (Phi) is 4.17. The van der Waals surface area contributed by atoms with Crippen molar-refractivity contribution in [3.8, 4) is 0 Å². The number of nitrogens with two attached hydrogens (primary N) is 1. The summed E-state index contributed by atoms with van der Waals surface area (Å²) in [4.78, 5) is 11.2. The lowest BCUT2D eigenvalue weighted by Crippen LogP contribution is -2.21. The molecule has 0 saturated carbocycles. The molecule has 1 aromatic carbocycles. The molecule has 0 bridgehead atoms. The van der Waals surface area contributed by atoms with Crippen LogP contribution in [0.2, 0.25) is 0 Å². The summed E-state index contributed by atoms with van der Waals surface area (Å²) in [6.07, 6.45) is 2.57. The Morgan fingerprint density at radius 3 is 2.50 bits per heavy atom. The van der Waals surface area contributed by atoms with Crippen molar-refractivity contribution in [2.45, 2.75) is 25.2 Å². The van der Waals surface area contributed by atoms with Gasteiger partial charge in [-0.25, -0.2) is 0 Å². The molecule has 0 saturated heterocycles. The van der Waals surface area contributed by atoms with Crippen molar-refractivity contribution in [1.82, 2.24) is 0 Å². The second-order valence-electron chi connectivity index (χ2n) is 3.36. The Morgan fingerprint density at radius 2 is 2.00 bits per heavy atom. The van der Waals surface area contributed by atoms with Crippen LogP contribution in [-0.2, 0) is 4.79 Å². The predicted octanol–water partition coefficient (Wildman–Crippen LogP) is 2.26. The summed E-state index contributed by atoms with van der Waals surface area (Å²) in [6, 6.07) is 9.67. The maximum atomic E-state index is 11.2. The maximum absolute atomic E-state index is 11.2. The van der Waals surface area contributed by atoms with Crippen LogP contribution in [0.15, 0.2) is 30.3 Å². The Bertz CT molecular complexity index is 282. The van der Waals surface area contributed by atoms with Gasteiger partial charge in [-0.15, -0.1) is 0 Å². The summed E-state index contributed by atoms with van der Waals surface area (Å²) in [5.74, 6) is -0.400. The topological polar surface area (TPSA) is 43.1 Å². The molecule has 1 atom stereocenters. The molecule has 0 fully saturated rings. The SMILES string of the molecule is [CH2]CCCC(C(N)=O)c1ccccc1. The molecule has 0 aliphatic carbocycles. The van der Waals surface area contributed by atoms with Crippen molar-refractivity contribution in [3.63, 3.8) is 0 Å². The number of primary amides is 1. The van der Waals surface area contributed by atoms with Gasteiger partial charge in [0.2, 0.25) is 5.91 Å². The van der Waals surface area contributed by atoms with E-state index < -0.39 is 0 Å². The van der Waals surface area contributed by atoms with Crippen molar-refractivity contribution in [1.29, 1.82) is 0 Å². The number of rotatable bonds is 5. The van der Waals surface area contributed by atoms with E-state index in [-0.39, 0.29) is 11.8 Å². The van der Waals surface area contributed by atoms with Crippen LogP contribution < -0.4 is 5.73 Å². The van der Waals surface area contributed by atoms with E-state index in [0.717, 1.165) is 24.8 Å². The van der Waals surface area contributed by atoms with Gasteiger partial charge in [-0.2, -0.15) is 0 Å². The van der Waals surface area contributed by atoms with Crippen LogP contribution in [0, 0.1) is 6.92 Å². The molecule has 1 unspecified atom stereocenters. The molecule has 1 aromatic rings. The van der Waals surface area contributed by atoms with Crippen LogP contribution >= 0.6 is 0 Å². The van der Waals surface area contributed by atoms with Crippen LogP contribution in [0.4, 0.5) is 0 Å². The Hall–Kier alpha value is -1.31. The summed E-state index contributed by atoms with van der Waals surface area (Å²) in [7, 11) is 0. The molecule has 1 amide bonds.